The molecule has 1 fully saturated rings. The second kappa shape index (κ2) is 5.04. The molecule has 0 bridgehead atoms. The van der Waals surface area contributed by atoms with E-state index in [0.717, 1.165) is 12.8 Å². The number of carboxylic acids is 1. The van der Waals surface area contributed by atoms with Crippen molar-refractivity contribution in [2.45, 2.75) is 25.3 Å². The van der Waals surface area contributed by atoms with E-state index in [1.54, 1.807) is 4.90 Å². The van der Waals surface area contributed by atoms with Crippen molar-refractivity contribution in [2.24, 2.45) is 0 Å². The van der Waals surface area contributed by atoms with E-state index in [1.807, 2.05) is 0 Å². The Kier molecular flexibility index (Phi) is 3.20. The van der Waals surface area contributed by atoms with E-state index in [-0.39, 0.29) is 11.7 Å². The quantitative estimate of drug-likeness (QED) is 0.681. The summed E-state index contributed by atoms with van der Waals surface area (Å²) in [6.45, 7) is 0.548. The van der Waals surface area contributed by atoms with Gasteiger partial charge in [-0.3, -0.25) is 10.1 Å². The van der Waals surface area contributed by atoms with E-state index in [2.05, 4.69) is 4.98 Å². The van der Waals surface area contributed by atoms with Crippen LogP contribution in [-0.4, -0.2) is 33.6 Å². The first-order chi connectivity index (χ1) is 10.1. The fourth-order valence-electron chi connectivity index (χ4n) is 2.56. The molecule has 8 heteroatoms. The minimum Gasteiger partial charge on any atom is -0.480 e. The van der Waals surface area contributed by atoms with Crippen LogP contribution in [0.3, 0.4) is 0 Å². The lowest BCUT2D eigenvalue weighted by Gasteiger charge is -2.31. The smallest absolute Gasteiger partial charge is 0.326 e. The average Bonchev–Trinajstić information content (AvgIpc) is 2.89. The highest BCUT2D eigenvalue weighted by molar-refractivity contribution is 5.80. The third-order valence-electron chi connectivity index (χ3n) is 3.60. The molecular weight excluding hydrogens is 278 g/mol. The normalized spacial score (nSPS) is 18.9. The number of aromatic nitrogens is 1. The topological polar surface area (TPSA) is 110 Å². The number of hydrogen-bond acceptors (Lipinski definition) is 6. The molecule has 0 aliphatic carbocycles. The molecule has 1 aromatic heterocycles. The zero-order valence-corrected chi connectivity index (χ0v) is 11.1. The van der Waals surface area contributed by atoms with E-state index in [9.17, 15) is 20.0 Å². The van der Waals surface area contributed by atoms with Crippen molar-refractivity contribution in [3.8, 4) is 0 Å². The standard InChI is InChI=1S/C13H13N3O5/c17-12(18)10-3-1-2-6-15(10)13-14-9-7-8(16(19)20)4-5-11(9)21-13/h4-5,7,10H,1-3,6H2,(H,17,18). The number of rotatable bonds is 3. The van der Waals surface area contributed by atoms with Crippen LogP contribution in [0.15, 0.2) is 22.6 Å². The molecule has 0 radical (unpaired) electrons. The fraction of sp³-hybridized carbons (Fsp3) is 0.385. The first-order valence-electron chi connectivity index (χ1n) is 6.60. The summed E-state index contributed by atoms with van der Waals surface area (Å²) in [7, 11) is 0. The molecular formula is C13H13N3O5. The number of carbonyl (C=O) groups is 1. The van der Waals surface area contributed by atoms with Crippen molar-refractivity contribution in [1.82, 2.24) is 4.98 Å². The van der Waals surface area contributed by atoms with Crippen LogP contribution in [0.5, 0.6) is 0 Å². The van der Waals surface area contributed by atoms with E-state index in [4.69, 9.17) is 4.42 Å². The minimum absolute atomic E-state index is 0.0734. The zero-order valence-electron chi connectivity index (χ0n) is 11.1. The highest BCUT2D eigenvalue weighted by Crippen LogP contribution is 2.29. The van der Waals surface area contributed by atoms with E-state index in [0.29, 0.717) is 24.1 Å². The summed E-state index contributed by atoms with van der Waals surface area (Å²) in [5, 5.41) is 20.0. The maximum absolute atomic E-state index is 11.3. The molecule has 8 nitrogen and oxygen atoms in total. The SMILES string of the molecule is O=C(O)C1CCCCN1c1nc2cc([N+](=O)[O-])ccc2o1. The lowest BCUT2D eigenvalue weighted by Crippen LogP contribution is -2.44. The summed E-state index contributed by atoms with van der Waals surface area (Å²) in [5.74, 6) is -0.914. The summed E-state index contributed by atoms with van der Waals surface area (Å²) >= 11 is 0. The predicted molar refractivity (Wildman–Crippen MR) is 73.3 cm³/mol. The number of non-ortho nitro benzene ring substituents is 1. The van der Waals surface area contributed by atoms with Gasteiger partial charge in [0.25, 0.3) is 11.7 Å². The Morgan fingerprint density at radius 2 is 2.29 bits per heavy atom. The molecule has 2 aromatic rings. The summed E-state index contributed by atoms with van der Waals surface area (Å²) in [4.78, 5) is 27.4. The minimum atomic E-state index is -0.914. The fourth-order valence-corrected chi connectivity index (χ4v) is 2.56. The number of benzene rings is 1. The zero-order chi connectivity index (χ0) is 15.0. The lowest BCUT2D eigenvalue weighted by molar-refractivity contribution is -0.384. The molecule has 1 saturated heterocycles. The molecule has 0 amide bonds. The summed E-state index contributed by atoms with van der Waals surface area (Å²) in [6.07, 6.45) is 2.25. The molecule has 110 valence electrons. The number of nitrogens with zero attached hydrogens (tertiary/aromatic N) is 3. The summed E-state index contributed by atoms with van der Waals surface area (Å²) < 4.78 is 5.55. The lowest BCUT2D eigenvalue weighted by atomic mass is 10.0. The second-order valence-corrected chi connectivity index (χ2v) is 4.95. The molecule has 21 heavy (non-hydrogen) atoms. The van der Waals surface area contributed by atoms with Gasteiger partial charge in [0.15, 0.2) is 5.58 Å². The highest BCUT2D eigenvalue weighted by atomic mass is 16.6. The Balaban J connectivity index is 1.99. The molecule has 3 rings (SSSR count). The van der Waals surface area contributed by atoms with Crippen LogP contribution in [0.2, 0.25) is 0 Å². The number of piperidine rings is 1. The number of anilines is 1. The van der Waals surface area contributed by atoms with Gasteiger partial charge in [0, 0.05) is 18.7 Å². The summed E-state index contributed by atoms with van der Waals surface area (Å²) in [5.41, 5.74) is 0.690. The van der Waals surface area contributed by atoms with Gasteiger partial charge in [-0.05, 0) is 25.3 Å². The van der Waals surface area contributed by atoms with Gasteiger partial charge in [-0.2, -0.15) is 4.98 Å². The molecule has 0 spiro atoms. The van der Waals surface area contributed by atoms with Crippen LogP contribution in [-0.2, 0) is 4.79 Å². The molecule has 1 aromatic carbocycles. The van der Waals surface area contributed by atoms with Gasteiger partial charge < -0.3 is 14.4 Å². The van der Waals surface area contributed by atoms with Gasteiger partial charge in [-0.25, -0.2) is 4.79 Å². The van der Waals surface area contributed by atoms with Crippen LogP contribution >= 0.6 is 0 Å². The first-order valence-corrected chi connectivity index (χ1v) is 6.60. The Hall–Kier alpha value is -2.64. The number of hydrogen-bond donors (Lipinski definition) is 1. The molecule has 1 aliphatic rings. The number of aliphatic carboxylic acids is 1. The molecule has 1 N–H and O–H groups in total. The molecule has 1 aliphatic heterocycles. The van der Waals surface area contributed by atoms with Crippen molar-refractivity contribution >= 4 is 28.8 Å². The van der Waals surface area contributed by atoms with Crippen molar-refractivity contribution in [1.29, 1.82) is 0 Å². The largest absolute Gasteiger partial charge is 0.480 e. The van der Waals surface area contributed by atoms with Crippen molar-refractivity contribution in [3.05, 3.63) is 28.3 Å². The first kappa shape index (κ1) is 13.3. The number of nitro benzene ring substituents is 1. The highest BCUT2D eigenvalue weighted by Gasteiger charge is 2.31. The van der Waals surface area contributed by atoms with Gasteiger partial charge >= 0.3 is 5.97 Å². The number of nitro groups is 1. The maximum atomic E-state index is 11.3. The monoisotopic (exact) mass is 291 g/mol. The van der Waals surface area contributed by atoms with Crippen LogP contribution in [0.1, 0.15) is 19.3 Å². The van der Waals surface area contributed by atoms with Crippen LogP contribution in [0, 0.1) is 10.1 Å². The third kappa shape index (κ3) is 2.39. The van der Waals surface area contributed by atoms with Gasteiger partial charge in [-0.15, -0.1) is 0 Å². The molecule has 2 heterocycles. The Morgan fingerprint density at radius 3 is 3.00 bits per heavy atom. The van der Waals surface area contributed by atoms with E-state index >= 15 is 0 Å². The second-order valence-electron chi connectivity index (χ2n) is 4.95. The van der Waals surface area contributed by atoms with Crippen LogP contribution in [0.25, 0.3) is 11.1 Å². The number of fused-ring (bicyclic) bond motifs is 1. The predicted octanol–water partition coefficient (Wildman–Crippen LogP) is 2.18. The van der Waals surface area contributed by atoms with Crippen molar-refractivity contribution < 1.29 is 19.2 Å². The van der Waals surface area contributed by atoms with E-state index in [1.165, 1.54) is 18.2 Å². The Labute approximate surface area is 119 Å². The Morgan fingerprint density at radius 1 is 1.48 bits per heavy atom. The van der Waals surface area contributed by atoms with Gasteiger partial charge in [0.05, 0.1) is 4.92 Å². The average molecular weight is 291 g/mol. The molecule has 1 atom stereocenters. The van der Waals surface area contributed by atoms with Crippen LogP contribution < -0.4 is 4.90 Å². The van der Waals surface area contributed by atoms with Crippen molar-refractivity contribution in [2.75, 3.05) is 11.4 Å². The van der Waals surface area contributed by atoms with E-state index < -0.39 is 16.9 Å². The van der Waals surface area contributed by atoms with Gasteiger partial charge in [0.2, 0.25) is 0 Å². The molecule has 1 unspecified atom stereocenters. The summed E-state index contributed by atoms with van der Waals surface area (Å²) in [6, 6.07) is 3.67. The molecule has 0 saturated carbocycles. The van der Waals surface area contributed by atoms with Gasteiger partial charge in [-0.1, -0.05) is 0 Å². The van der Waals surface area contributed by atoms with Crippen LogP contribution in [0.4, 0.5) is 11.7 Å². The number of carboxylic acid groups (broad SMARTS) is 1. The Bertz CT molecular complexity index is 711. The third-order valence-corrected chi connectivity index (χ3v) is 3.60. The maximum Gasteiger partial charge on any atom is 0.326 e. The van der Waals surface area contributed by atoms with Gasteiger partial charge in [0.1, 0.15) is 11.6 Å². The van der Waals surface area contributed by atoms with Crippen molar-refractivity contribution in [3.63, 3.8) is 0 Å². The number of oxazole rings is 1.